The molecule has 1 N–H and O–H groups in total. The number of carbonyl (C=O) groups excluding carboxylic acids is 1. The van der Waals surface area contributed by atoms with Crippen molar-refractivity contribution in [1.29, 1.82) is 0 Å². The summed E-state index contributed by atoms with van der Waals surface area (Å²) in [6.45, 7) is 7.46. The Labute approximate surface area is 197 Å². The van der Waals surface area contributed by atoms with Crippen molar-refractivity contribution in [3.05, 3.63) is 42.0 Å². The summed E-state index contributed by atoms with van der Waals surface area (Å²) in [6.07, 6.45) is 11.5. The van der Waals surface area contributed by atoms with Crippen LogP contribution < -0.4 is 5.32 Å². The summed E-state index contributed by atoms with van der Waals surface area (Å²) in [4.78, 5) is 29.2. The Bertz CT molecular complexity index is 956. The fourth-order valence-corrected chi connectivity index (χ4v) is 5.94. The van der Waals surface area contributed by atoms with Crippen LogP contribution in [0.2, 0.25) is 0 Å². The third-order valence-electron chi connectivity index (χ3n) is 8.35. The highest BCUT2D eigenvalue weighted by Crippen LogP contribution is 2.42. The summed E-state index contributed by atoms with van der Waals surface area (Å²) >= 11 is 0. The molecule has 3 aliphatic heterocycles. The molecule has 5 heterocycles. The SMILES string of the molecule is CCC(CC)c1cc([C@@H]2CN3CC[C@H]2C[C@@H]3CNC(=O)C2CCC2)nc(-c2ccncc2)n1. The number of rotatable bonds is 8. The van der Waals surface area contributed by atoms with E-state index in [9.17, 15) is 4.79 Å². The van der Waals surface area contributed by atoms with E-state index in [-0.39, 0.29) is 11.8 Å². The molecule has 4 aliphatic rings. The number of piperidine rings is 3. The van der Waals surface area contributed by atoms with E-state index in [1.54, 1.807) is 0 Å². The minimum atomic E-state index is 0.268. The van der Waals surface area contributed by atoms with Crippen LogP contribution in [-0.2, 0) is 4.79 Å². The third-order valence-corrected chi connectivity index (χ3v) is 8.35. The molecule has 1 aliphatic carbocycles. The summed E-state index contributed by atoms with van der Waals surface area (Å²) in [5.41, 5.74) is 3.42. The lowest BCUT2D eigenvalue weighted by Crippen LogP contribution is -2.56. The Morgan fingerprint density at radius 2 is 1.94 bits per heavy atom. The van der Waals surface area contributed by atoms with Crippen LogP contribution in [-0.4, -0.2) is 51.4 Å². The molecular formula is C27H37N5O. The minimum absolute atomic E-state index is 0.268. The zero-order valence-corrected chi connectivity index (χ0v) is 20.0. The smallest absolute Gasteiger partial charge is 0.223 e. The second-order valence-electron chi connectivity index (χ2n) is 10.2. The number of nitrogens with one attached hydrogen (secondary N) is 1. The van der Waals surface area contributed by atoms with Gasteiger partial charge in [-0.3, -0.25) is 14.7 Å². The van der Waals surface area contributed by atoms with Crippen LogP contribution in [0.15, 0.2) is 30.6 Å². The maximum atomic E-state index is 12.3. The van der Waals surface area contributed by atoms with Crippen molar-refractivity contribution in [2.24, 2.45) is 11.8 Å². The van der Waals surface area contributed by atoms with Crippen molar-refractivity contribution in [2.75, 3.05) is 19.6 Å². The topological polar surface area (TPSA) is 71.0 Å². The Hall–Kier alpha value is -2.34. The second kappa shape index (κ2) is 9.88. The number of amides is 1. The van der Waals surface area contributed by atoms with Gasteiger partial charge < -0.3 is 5.32 Å². The molecule has 3 saturated heterocycles. The van der Waals surface area contributed by atoms with Gasteiger partial charge in [-0.15, -0.1) is 0 Å². The molecule has 0 radical (unpaired) electrons. The van der Waals surface area contributed by atoms with E-state index in [0.717, 1.165) is 63.1 Å². The molecule has 1 amide bonds. The minimum Gasteiger partial charge on any atom is -0.354 e. The Balaban J connectivity index is 1.35. The van der Waals surface area contributed by atoms with Gasteiger partial charge in [-0.1, -0.05) is 20.3 Å². The summed E-state index contributed by atoms with van der Waals surface area (Å²) in [5, 5.41) is 3.25. The molecule has 2 aromatic heterocycles. The van der Waals surface area contributed by atoms with E-state index in [1.165, 1.54) is 24.2 Å². The molecule has 176 valence electrons. The molecule has 1 unspecified atom stereocenters. The first-order valence-corrected chi connectivity index (χ1v) is 13.0. The van der Waals surface area contributed by atoms with Crippen LogP contribution in [0.3, 0.4) is 0 Å². The number of pyridine rings is 1. The van der Waals surface area contributed by atoms with E-state index in [1.807, 2.05) is 24.5 Å². The Morgan fingerprint density at radius 1 is 1.15 bits per heavy atom. The van der Waals surface area contributed by atoms with Gasteiger partial charge in [0.15, 0.2) is 5.82 Å². The van der Waals surface area contributed by atoms with Crippen LogP contribution in [0.5, 0.6) is 0 Å². The number of hydrogen-bond donors (Lipinski definition) is 1. The van der Waals surface area contributed by atoms with Gasteiger partial charge in [0.25, 0.3) is 0 Å². The Morgan fingerprint density at radius 3 is 2.58 bits per heavy atom. The summed E-state index contributed by atoms with van der Waals surface area (Å²) < 4.78 is 0. The molecule has 6 nitrogen and oxygen atoms in total. The molecule has 0 aromatic carbocycles. The highest BCUT2D eigenvalue weighted by molar-refractivity contribution is 5.79. The second-order valence-corrected chi connectivity index (χ2v) is 10.2. The highest BCUT2D eigenvalue weighted by Gasteiger charge is 2.42. The molecule has 2 bridgehead atoms. The number of fused-ring (bicyclic) bond motifs is 3. The maximum Gasteiger partial charge on any atom is 0.223 e. The fourth-order valence-electron chi connectivity index (χ4n) is 5.94. The molecule has 4 fully saturated rings. The molecule has 1 saturated carbocycles. The molecule has 6 heteroatoms. The first-order valence-electron chi connectivity index (χ1n) is 13.0. The van der Waals surface area contributed by atoms with E-state index < -0.39 is 0 Å². The lowest BCUT2D eigenvalue weighted by atomic mass is 9.73. The monoisotopic (exact) mass is 447 g/mol. The molecule has 0 spiro atoms. The van der Waals surface area contributed by atoms with E-state index >= 15 is 0 Å². The number of nitrogens with zero attached hydrogens (tertiary/aromatic N) is 4. The van der Waals surface area contributed by atoms with Gasteiger partial charge in [-0.25, -0.2) is 9.97 Å². The average Bonchev–Trinajstić information content (AvgIpc) is 2.83. The zero-order valence-electron chi connectivity index (χ0n) is 20.0. The van der Waals surface area contributed by atoms with Crippen molar-refractivity contribution in [1.82, 2.24) is 25.2 Å². The maximum absolute atomic E-state index is 12.3. The summed E-state index contributed by atoms with van der Waals surface area (Å²) in [6, 6.07) is 6.77. The molecular weight excluding hydrogens is 410 g/mol. The van der Waals surface area contributed by atoms with Crippen molar-refractivity contribution in [2.45, 2.75) is 76.7 Å². The average molecular weight is 448 g/mol. The van der Waals surface area contributed by atoms with Crippen LogP contribution in [0.1, 0.15) is 82.0 Å². The first-order chi connectivity index (χ1) is 16.2. The normalized spacial score (nSPS) is 26.9. The van der Waals surface area contributed by atoms with E-state index in [4.69, 9.17) is 9.97 Å². The number of carbonyl (C=O) groups is 1. The quantitative estimate of drug-likeness (QED) is 0.643. The first kappa shape index (κ1) is 22.5. The van der Waals surface area contributed by atoms with Gasteiger partial charge in [-0.2, -0.15) is 0 Å². The molecule has 2 aromatic rings. The standard InChI is InChI=1S/C27H37N5O/c1-3-18(4-2)24-15-25(31-26(30-24)19-8-11-28-12-9-19)23-17-32-13-10-21(23)14-22(32)16-29-27(33)20-6-5-7-20/h8-9,11-12,15,18,20-23H,3-7,10,13-14,16-17H2,1-2H3,(H,29,33)/t21-,22+,23+/m0/s1. The van der Waals surface area contributed by atoms with Crippen LogP contribution in [0.25, 0.3) is 11.4 Å². The number of aromatic nitrogens is 3. The lowest BCUT2D eigenvalue weighted by Gasteiger charge is -2.50. The van der Waals surface area contributed by atoms with Crippen molar-refractivity contribution < 1.29 is 4.79 Å². The fraction of sp³-hybridized carbons (Fsp3) is 0.630. The van der Waals surface area contributed by atoms with Gasteiger partial charge in [0.1, 0.15) is 0 Å². The zero-order chi connectivity index (χ0) is 22.8. The van der Waals surface area contributed by atoms with E-state index in [2.05, 4.69) is 35.1 Å². The third kappa shape index (κ3) is 4.68. The van der Waals surface area contributed by atoms with Gasteiger partial charge in [0, 0.05) is 66.2 Å². The molecule has 6 rings (SSSR count). The van der Waals surface area contributed by atoms with Crippen LogP contribution in [0.4, 0.5) is 0 Å². The largest absolute Gasteiger partial charge is 0.354 e. The summed E-state index contributed by atoms with van der Waals surface area (Å²) in [7, 11) is 0. The van der Waals surface area contributed by atoms with Crippen molar-refractivity contribution in [3.8, 4) is 11.4 Å². The summed E-state index contributed by atoms with van der Waals surface area (Å²) in [5.74, 6) is 2.89. The van der Waals surface area contributed by atoms with Gasteiger partial charge in [-0.05, 0) is 69.2 Å². The molecule has 33 heavy (non-hydrogen) atoms. The van der Waals surface area contributed by atoms with Crippen molar-refractivity contribution >= 4 is 5.91 Å². The van der Waals surface area contributed by atoms with E-state index in [0.29, 0.717) is 23.8 Å². The number of hydrogen-bond acceptors (Lipinski definition) is 5. The lowest BCUT2D eigenvalue weighted by molar-refractivity contribution is -0.127. The van der Waals surface area contributed by atoms with Crippen LogP contribution >= 0.6 is 0 Å². The van der Waals surface area contributed by atoms with Gasteiger partial charge in [0.2, 0.25) is 5.91 Å². The molecule has 4 atom stereocenters. The van der Waals surface area contributed by atoms with Gasteiger partial charge in [0.05, 0.1) is 0 Å². The predicted octanol–water partition coefficient (Wildman–Crippen LogP) is 4.54. The van der Waals surface area contributed by atoms with Gasteiger partial charge >= 0.3 is 0 Å². The van der Waals surface area contributed by atoms with Crippen molar-refractivity contribution in [3.63, 3.8) is 0 Å². The highest BCUT2D eigenvalue weighted by atomic mass is 16.1. The van der Waals surface area contributed by atoms with Crippen LogP contribution in [0, 0.1) is 11.8 Å². The predicted molar refractivity (Wildman–Crippen MR) is 130 cm³/mol. The Kier molecular flexibility index (Phi) is 6.72.